The number of carbonyl (C=O) groups excluding carboxylic acids is 1. The normalized spacial score (nSPS) is 10.6. The number of nitro benzene ring substituents is 1. The Bertz CT molecular complexity index is 895. The summed E-state index contributed by atoms with van der Waals surface area (Å²) in [5.74, 6) is -0.331. The number of benzene rings is 2. The maximum atomic E-state index is 11.8. The molecule has 0 atom stereocenters. The first kappa shape index (κ1) is 19.7. The van der Waals surface area contributed by atoms with E-state index in [0.29, 0.717) is 5.75 Å². The molecular formula is C18H19N3O6. The van der Waals surface area contributed by atoms with Gasteiger partial charge in [0.1, 0.15) is 5.75 Å². The smallest absolute Gasteiger partial charge is 0.277 e. The van der Waals surface area contributed by atoms with E-state index < -0.39 is 10.8 Å². The van der Waals surface area contributed by atoms with Crippen LogP contribution in [-0.2, 0) is 4.79 Å². The number of aromatic hydroxyl groups is 1. The van der Waals surface area contributed by atoms with Crippen LogP contribution in [0.1, 0.15) is 16.7 Å². The van der Waals surface area contributed by atoms with Gasteiger partial charge in [-0.1, -0.05) is 12.1 Å². The fraction of sp³-hybridized carbons (Fsp3) is 0.222. The van der Waals surface area contributed by atoms with Crippen LogP contribution in [0.3, 0.4) is 0 Å². The van der Waals surface area contributed by atoms with Crippen LogP contribution in [0.15, 0.2) is 35.4 Å². The minimum absolute atomic E-state index is 0.0248. The van der Waals surface area contributed by atoms with E-state index in [9.17, 15) is 20.0 Å². The Morgan fingerprint density at radius 3 is 2.70 bits per heavy atom. The highest BCUT2D eigenvalue weighted by atomic mass is 16.6. The second-order valence-corrected chi connectivity index (χ2v) is 5.69. The number of rotatable bonds is 7. The second-order valence-electron chi connectivity index (χ2n) is 5.69. The summed E-state index contributed by atoms with van der Waals surface area (Å²) in [6.45, 7) is 3.52. The number of nitrogens with one attached hydrogen (secondary N) is 1. The maximum absolute atomic E-state index is 11.8. The predicted octanol–water partition coefficient (Wildman–Crippen LogP) is 2.45. The molecule has 2 aromatic rings. The first-order valence-electron chi connectivity index (χ1n) is 7.89. The quantitative estimate of drug-likeness (QED) is 0.436. The van der Waals surface area contributed by atoms with E-state index >= 15 is 0 Å². The molecule has 9 heteroatoms. The first-order valence-corrected chi connectivity index (χ1v) is 7.89. The molecular weight excluding hydrogens is 354 g/mol. The number of phenolic OH excluding ortho intramolecular Hbond substituents is 1. The van der Waals surface area contributed by atoms with Crippen LogP contribution in [-0.4, -0.2) is 35.9 Å². The number of nitrogens with zero attached hydrogens (tertiary/aromatic N) is 2. The number of phenols is 1. The summed E-state index contributed by atoms with van der Waals surface area (Å²) in [5, 5.41) is 24.6. The van der Waals surface area contributed by atoms with Crippen LogP contribution < -0.4 is 14.9 Å². The van der Waals surface area contributed by atoms with Crippen molar-refractivity contribution in [2.24, 2.45) is 5.10 Å². The van der Waals surface area contributed by atoms with Crippen molar-refractivity contribution in [3.8, 4) is 17.2 Å². The summed E-state index contributed by atoms with van der Waals surface area (Å²) >= 11 is 0. The second kappa shape index (κ2) is 8.65. The van der Waals surface area contributed by atoms with Crippen molar-refractivity contribution in [3.63, 3.8) is 0 Å². The van der Waals surface area contributed by atoms with Gasteiger partial charge in [0.2, 0.25) is 0 Å². The molecule has 0 aliphatic heterocycles. The molecule has 2 N–H and O–H groups in total. The van der Waals surface area contributed by atoms with Gasteiger partial charge >= 0.3 is 0 Å². The molecule has 0 unspecified atom stereocenters. The molecule has 0 aliphatic rings. The van der Waals surface area contributed by atoms with E-state index in [2.05, 4.69) is 10.5 Å². The summed E-state index contributed by atoms with van der Waals surface area (Å²) in [5.41, 5.74) is 3.87. The van der Waals surface area contributed by atoms with E-state index in [1.165, 1.54) is 7.11 Å². The number of ether oxygens (including phenoxy) is 2. The number of hydrazone groups is 1. The van der Waals surface area contributed by atoms with Gasteiger partial charge in [-0.3, -0.25) is 14.9 Å². The lowest BCUT2D eigenvalue weighted by Crippen LogP contribution is -2.24. The molecule has 0 fully saturated rings. The van der Waals surface area contributed by atoms with E-state index in [-0.39, 0.29) is 29.4 Å². The highest BCUT2D eigenvalue weighted by molar-refractivity contribution is 5.87. The topological polar surface area (TPSA) is 123 Å². The lowest BCUT2D eigenvalue weighted by Gasteiger charge is -2.09. The largest absolute Gasteiger partial charge is 0.504 e. The molecule has 142 valence electrons. The summed E-state index contributed by atoms with van der Waals surface area (Å²) in [6, 6.07) is 7.84. The van der Waals surface area contributed by atoms with Crippen molar-refractivity contribution >= 4 is 17.8 Å². The van der Waals surface area contributed by atoms with Crippen molar-refractivity contribution < 1.29 is 24.3 Å². The Balaban J connectivity index is 2.02. The third kappa shape index (κ3) is 5.18. The van der Waals surface area contributed by atoms with Gasteiger partial charge in [0.05, 0.1) is 24.3 Å². The number of aryl methyl sites for hydroxylation is 2. The Morgan fingerprint density at radius 1 is 1.30 bits per heavy atom. The van der Waals surface area contributed by atoms with Gasteiger partial charge in [0.15, 0.2) is 18.1 Å². The molecule has 0 saturated carbocycles. The van der Waals surface area contributed by atoms with Crippen molar-refractivity contribution in [2.75, 3.05) is 13.7 Å². The summed E-state index contributed by atoms with van der Waals surface area (Å²) < 4.78 is 10.3. The Hall–Kier alpha value is -3.62. The van der Waals surface area contributed by atoms with Crippen LogP contribution in [0.25, 0.3) is 0 Å². The lowest BCUT2D eigenvalue weighted by atomic mass is 10.1. The molecule has 0 saturated heterocycles. The standard InChI is InChI=1S/C18H19N3O6/c1-11-4-5-12(2)15(6-11)27-10-17(22)20-19-9-13-7-14(21(24)25)8-16(26-3)18(13)23/h4-9,23H,10H2,1-3H3,(H,20,22). The van der Waals surface area contributed by atoms with Gasteiger partial charge in [-0.05, 0) is 31.0 Å². The molecule has 2 rings (SSSR count). The Morgan fingerprint density at radius 2 is 2.04 bits per heavy atom. The van der Waals surface area contributed by atoms with Crippen molar-refractivity contribution in [3.05, 3.63) is 57.1 Å². The Labute approximate surface area is 155 Å². The molecule has 0 radical (unpaired) electrons. The Kier molecular flexibility index (Phi) is 6.32. The van der Waals surface area contributed by atoms with E-state index in [1.807, 2.05) is 32.0 Å². The van der Waals surface area contributed by atoms with Crippen LogP contribution in [0.5, 0.6) is 17.2 Å². The number of non-ortho nitro benzene ring substituents is 1. The van der Waals surface area contributed by atoms with Crippen molar-refractivity contribution in [2.45, 2.75) is 13.8 Å². The highest BCUT2D eigenvalue weighted by Crippen LogP contribution is 2.33. The number of methoxy groups -OCH3 is 1. The molecule has 0 bridgehead atoms. The zero-order valence-electron chi connectivity index (χ0n) is 15.1. The third-order valence-electron chi connectivity index (χ3n) is 3.62. The summed E-state index contributed by atoms with van der Waals surface area (Å²) in [7, 11) is 1.27. The van der Waals surface area contributed by atoms with Gasteiger partial charge in [-0.25, -0.2) is 5.43 Å². The van der Waals surface area contributed by atoms with Gasteiger partial charge in [-0.2, -0.15) is 5.10 Å². The molecule has 2 aromatic carbocycles. The zero-order chi connectivity index (χ0) is 20.0. The first-order chi connectivity index (χ1) is 12.8. The summed E-state index contributed by atoms with van der Waals surface area (Å²) in [4.78, 5) is 22.1. The van der Waals surface area contributed by atoms with Gasteiger partial charge in [0, 0.05) is 11.6 Å². The molecule has 0 aliphatic carbocycles. The van der Waals surface area contributed by atoms with Gasteiger partial charge < -0.3 is 14.6 Å². The molecule has 1 amide bonds. The zero-order valence-corrected chi connectivity index (χ0v) is 15.1. The van der Waals surface area contributed by atoms with Gasteiger partial charge in [0.25, 0.3) is 11.6 Å². The number of amides is 1. The minimum Gasteiger partial charge on any atom is -0.504 e. The van der Waals surface area contributed by atoms with Crippen molar-refractivity contribution in [1.82, 2.24) is 5.43 Å². The maximum Gasteiger partial charge on any atom is 0.277 e. The summed E-state index contributed by atoms with van der Waals surface area (Å²) in [6.07, 6.45) is 1.08. The van der Waals surface area contributed by atoms with Crippen molar-refractivity contribution in [1.29, 1.82) is 0 Å². The lowest BCUT2D eigenvalue weighted by molar-refractivity contribution is -0.385. The van der Waals surface area contributed by atoms with E-state index in [0.717, 1.165) is 29.5 Å². The number of hydrogen-bond acceptors (Lipinski definition) is 7. The number of nitro groups is 1. The van der Waals surface area contributed by atoms with Crippen LogP contribution in [0, 0.1) is 24.0 Å². The fourth-order valence-corrected chi connectivity index (χ4v) is 2.19. The monoisotopic (exact) mass is 373 g/mol. The van der Waals surface area contributed by atoms with E-state index in [4.69, 9.17) is 9.47 Å². The number of carbonyl (C=O) groups is 1. The van der Waals surface area contributed by atoms with Crippen LogP contribution in [0.4, 0.5) is 5.69 Å². The van der Waals surface area contributed by atoms with Gasteiger partial charge in [-0.15, -0.1) is 0 Å². The average Bonchev–Trinajstić information content (AvgIpc) is 2.63. The fourth-order valence-electron chi connectivity index (χ4n) is 2.19. The highest BCUT2D eigenvalue weighted by Gasteiger charge is 2.15. The third-order valence-corrected chi connectivity index (χ3v) is 3.62. The minimum atomic E-state index is -0.629. The predicted molar refractivity (Wildman–Crippen MR) is 98.5 cm³/mol. The molecule has 9 nitrogen and oxygen atoms in total. The van der Waals surface area contributed by atoms with Crippen LogP contribution in [0.2, 0.25) is 0 Å². The van der Waals surface area contributed by atoms with E-state index in [1.54, 1.807) is 0 Å². The van der Waals surface area contributed by atoms with Crippen LogP contribution >= 0.6 is 0 Å². The molecule has 0 heterocycles. The molecule has 27 heavy (non-hydrogen) atoms. The molecule has 0 aromatic heterocycles. The SMILES string of the molecule is COc1cc([N+](=O)[O-])cc(C=NNC(=O)COc2cc(C)ccc2C)c1O. The molecule has 0 spiro atoms. The average molecular weight is 373 g/mol. The number of hydrogen-bond donors (Lipinski definition) is 2.